The van der Waals surface area contributed by atoms with E-state index in [4.69, 9.17) is 0 Å². The molecule has 2 amide bonds. The largest absolute Gasteiger partial charge is 0.416 e. The van der Waals surface area contributed by atoms with Crippen molar-refractivity contribution in [2.75, 3.05) is 32.7 Å². The molecule has 0 spiro atoms. The van der Waals surface area contributed by atoms with E-state index < -0.39 is 11.7 Å². The molecule has 0 aliphatic carbocycles. The molecule has 0 radical (unpaired) electrons. The van der Waals surface area contributed by atoms with Crippen LogP contribution in [-0.2, 0) is 11.0 Å². The van der Waals surface area contributed by atoms with Crippen molar-refractivity contribution in [3.05, 3.63) is 35.4 Å². The molecule has 1 aromatic rings. The highest BCUT2D eigenvalue weighted by Crippen LogP contribution is 2.29. The van der Waals surface area contributed by atoms with E-state index in [0.717, 1.165) is 12.1 Å². The van der Waals surface area contributed by atoms with Crippen LogP contribution in [-0.4, -0.2) is 60.4 Å². The summed E-state index contributed by atoms with van der Waals surface area (Å²) in [6.07, 6.45) is -4.42. The molecule has 1 heterocycles. The summed E-state index contributed by atoms with van der Waals surface area (Å²) in [7, 11) is 0. The van der Waals surface area contributed by atoms with Crippen molar-refractivity contribution in [2.45, 2.75) is 33.0 Å². The van der Waals surface area contributed by atoms with E-state index >= 15 is 0 Å². The van der Waals surface area contributed by atoms with Crippen LogP contribution in [0.3, 0.4) is 0 Å². The SMILES string of the molecule is CC(C)C(C)NC(=O)CN1CCN(C(=O)c2ccc(C(F)(F)F)cc2)CC1. The van der Waals surface area contributed by atoms with Gasteiger partial charge in [-0.25, -0.2) is 0 Å². The maximum atomic E-state index is 12.6. The molecule has 2 rings (SSSR count). The number of hydrogen-bond donors (Lipinski definition) is 1. The number of alkyl halides is 3. The molecule has 1 unspecified atom stereocenters. The third-order valence-electron chi connectivity index (χ3n) is 4.87. The lowest BCUT2D eigenvalue weighted by Gasteiger charge is -2.34. The van der Waals surface area contributed by atoms with Crippen LogP contribution in [0.1, 0.15) is 36.7 Å². The van der Waals surface area contributed by atoms with Crippen molar-refractivity contribution in [3.8, 4) is 0 Å². The summed E-state index contributed by atoms with van der Waals surface area (Å²) < 4.78 is 37.8. The Morgan fingerprint density at radius 2 is 1.59 bits per heavy atom. The van der Waals surface area contributed by atoms with Crippen molar-refractivity contribution < 1.29 is 22.8 Å². The zero-order valence-corrected chi connectivity index (χ0v) is 15.8. The molecule has 0 aromatic heterocycles. The monoisotopic (exact) mass is 385 g/mol. The van der Waals surface area contributed by atoms with Crippen molar-refractivity contribution in [3.63, 3.8) is 0 Å². The maximum Gasteiger partial charge on any atom is 0.416 e. The summed E-state index contributed by atoms with van der Waals surface area (Å²) in [5, 5.41) is 2.95. The lowest BCUT2D eigenvalue weighted by atomic mass is 10.1. The van der Waals surface area contributed by atoms with Gasteiger partial charge in [-0.2, -0.15) is 13.2 Å². The maximum absolute atomic E-state index is 12.6. The zero-order chi connectivity index (χ0) is 20.2. The molecule has 1 aliphatic rings. The van der Waals surface area contributed by atoms with Crippen LogP contribution in [0, 0.1) is 5.92 Å². The molecule has 1 aliphatic heterocycles. The number of halogens is 3. The number of carbonyl (C=O) groups is 2. The number of benzene rings is 1. The second-order valence-electron chi connectivity index (χ2n) is 7.24. The number of nitrogens with one attached hydrogen (secondary N) is 1. The van der Waals surface area contributed by atoms with Gasteiger partial charge in [-0.3, -0.25) is 14.5 Å². The van der Waals surface area contributed by atoms with Crippen LogP contribution in [0.15, 0.2) is 24.3 Å². The number of rotatable bonds is 5. The van der Waals surface area contributed by atoms with Crippen LogP contribution < -0.4 is 5.32 Å². The molecule has 1 fully saturated rings. The van der Waals surface area contributed by atoms with Gasteiger partial charge in [0.25, 0.3) is 5.91 Å². The molecule has 8 heteroatoms. The molecule has 0 bridgehead atoms. The Hall–Kier alpha value is -2.09. The second kappa shape index (κ2) is 8.73. The third-order valence-corrected chi connectivity index (χ3v) is 4.87. The van der Waals surface area contributed by atoms with Gasteiger partial charge < -0.3 is 10.2 Å². The molecule has 1 saturated heterocycles. The van der Waals surface area contributed by atoms with Gasteiger partial charge in [-0.15, -0.1) is 0 Å². The number of carbonyl (C=O) groups excluding carboxylic acids is 2. The highest BCUT2D eigenvalue weighted by Gasteiger charge is 2.31. The first-order valence-electron chi connectivity index (χ1n) is 9.06. The van der Waals surface area contributed by atoms with Crippen LogP contribution >= 0.6 is 0 Å². The first kappa shape index (κ1) is 21.2. The second-order valence-corrected chi connectivity index (χ2v) is 7.24. The minimum Gasteiger partial charge on any atom is -0.352 e. The Kier molecular flexibility index (Phi) is 6.86. The number of piperazine rings is 1. The molecule has 1 atom stereocenters. The Morgan fingerprint density at radius 3 is 2.07 bits per heavy atom. The van der Waals surface area contributed by atoms with E-state index in [9.17, 15) is 22.8 Å². The fourth-order valence-electron chi connectivity index (χ4n) is 2.76. The molecule has 1 N–H and O–H groups in total. The first-order chi connectivity index (χ1) is 12.6. The Labute approximate surface area is 157 Å². The van der Waals surface area contributed by atoms with Gasteiger partial charge in [0.1, 0.15) is 0 Å². The molecule has 27 heavy (non-hydrogen) atoms. The van der Waals surface area contributed by atoms with Crippen LogP contribution in [0.4, 0.5) is 13.2 Å². The van der Waals surface area contributed by atoms with Crippen LogP contribution in [0.5, 0.6) is 0 Å². The van der Waals surface area contributed by atoms with Crippen molar-refractivity contribution in [1.82, 2.24) is 15.1 Å². The molecule has 150 valence electrons. The minimum absolute atomic E-state index is 0.0429. The van der Waals surface area contributed by atoms with Gasteiger partial charge in [0.15, 0.2) is 0 Å². The summed E-state index contributed by atoms with van der Waals surface area (Å²) in [5.74, 6) is 0.0205. The summed E-state index contributed by atoms with van der Waals surface area (Å²) in [6, 6.07) is 4.35. The van der Waals surface area contributed by atoms with Gasteiger partial charge in [0.2, 0.25) is 5.91 Å². The fraction of sp³-hybridized carbons (Fsp3) is 0.579. The molecular weight excluding hydrogens is 359 g/mol. The van der Waals surface area contributed by atoms with Crippen molar-refractivity contribution in [1.29, 1.82) is 0 Å². The minimum atomic E-state index is -4.42. The highest BCUT2D eigenvalue weighted by molar-refractivity contribution is 5.94. The predicted octanol–water partition coefficient (Wildman–Crippen LogP) is 2.62. The fourth-order valence-corrected chi connectivity index (χ4v) is 2.76. The van der Waals surface area contributed by atoms with E-state index in [1.54, 1.807) is 4.90 Å². The van der Waals surface area contributed by atoms with Crippen molar-refractivity contribution >= 4 is 11.8 Å². The normalized spacial score (nSPS) is 17.1. The Morgan fingerprint density at radius 1 is 1.04 bits per heavy atom. The molecular formula is C19H26F3N3O2. The van der Waals surface area contributed by atoms with E-state index in [1.165, 1.54) is 12.1 Å². The average molecular weight is 385 g/mol. The highest BCUT2D eigenvalue weighted by atomic mass is 19.4. The van der Waals surface area contributed by atoms with Crippen LogP contribution in [0.2, 0.25) is 0 Å². The van der Waals surface area contributed by atoms with E-state index in [-0.39, 0.29) is 30.0 Å². The lowest BCUT2D eigenvalue weighted by molar-refractivity contribution is -0.137. The van der Waals surface area contributed by atoms with E-state index in [0.29, 0.717) is 32.1 Å². The summed E-state index contributed by atoms with van der Waals surface area (Å²) in [5.41, 5.74) is -0.537. The Bertz CT molecular complexity index is 651. The lowest BCUT2D eigenvalue weighted by Crippen LogP contribution is -2.52. The Balaban J connectivity index is 1.84. The van der Waals surface area contributed by atoms with E-state index in [2.05, 4.69) is 5.32 Å². The predicted molar refractivity (Wildman–Crippen MR) is 96.2 cm³/mol. The topological polar surface area (TPSA) is 52.7 Å². The average Bonchev–Trinajstić information content (AvgIpc) is 2.61. The number of amides is 2. The quantitative estimate of drug-likeness (QED) is 0.848. The summed E-state index contributed by atoms with van der Waals surface area (Å²) in [4.78, 5) is 28.1. The summed E-state index contributed by atoms with van der Waals surface area (Å²) in [6.45, 7) is 8.29. The van der Waals surface area contributed by atoms with Gasteiger partial charge in [0, 0.05) is 37.8 Å². The van der Waals surface area contributed by atoms with Gasteiger partial charge in [-0.05, 0) is 37.1 Å². The molecule has 1 aromatic carbocycles. The van der Waals surface area contributed by atoms with Gasteiger partial charge >= 0.3 is 6.18 Å². The smallest absolute Gasteiger partial charge is 0.352 e. The summed E-state index contributed by atoms with van der Waals surface area (Å²) >= 11 is 0. The number of hydrogen-bond acceptors (Lipinski definition) is 3. The van der Waals surface area contributed by atoms with Gasteiger partial charge in [0.05, 0.1) is 12.1 Å². The standard InChI is InChI=1S/C19H26F3N3O2/c1-13(2)14(3)23-17(26)12-24-8-10-25(11-9-24)18(27)15-4-6-16(7-5-15)19(20,21)22/h4-7,13-14H,8-12H2,1-3H3,(H,23,26). The van der Waals surface area contributed by atoms with Gasteiger partial charge in [-0.1, -0.05) is 13.8 Å². The zero-order valence-electron chi connectivity index (χ0n) is 15.8. The van der Waals surface area contributed by atoms with Crippen LogP contribution in [0.25, 0.3) is 0 Å². The van der Waals surface area contributed by atoms with E-state index in [1.807, 2.05) is 25.7 Å². The molecule has 0 saturated carbocycles. The number of nitrogens with zero attached hydrogens (tertiary/aromatic N) is 2. The first-order valence-corrected chi connectivity index (χ1v) is 9.06. The molecule has 5 nitrogen and oxygen atoms in total. The van der Waals surface area contributed by atoms with Crippen molar-refractivity contribution in [2.24, 2.45) is 5.92 Å². The third kappa shape index (κ3) is 5.95.